The first-order chi connectivity index (χ1) is 7.58. The van der Waals surface area contributed by atoms with Crippen LogP contribution in [0.25, 0.3) is 0 Å². The number of carbonyl (C=O) groups excluding carboxylic acids is 1. The molecule has 0 fully saturated rings. The van der Waals surface area contributed by atoms with Crippen molar-refractivity contribution in [1.29, 1.82) is 0 Å². The van der Waals surface area contributed by atoms with Crippen LogP contribution in [0.1, 0.15) is 25.8 Å². The van der Waals surface area contributed by atoms with Crippen LogP contribution in [0.4, 0.5) is 0 Å². The van der Waals surface area contributed by atoms with Crippen molar-refractivity contribution in [2.45, 2.75) is 27.3 Å². The second kappa shape index (κ2) is 4.22. The second-order valence-corrected chi connectivity index (χ2v) is 5.34. The van der Waals surface area contributed by atoms with Gasteiger partial charge in [0.15, 0.2) is 5.78 Å². The van der Waals surface area contributed by atoms with E-state index >= 15 is 0 Å². The molecule has 2 aromatic rings. The van der Waals surface area contributed by atoms with E-state index in [1.807, 2.05) is 32.9 Å². The molecule has 0 aromatic carbocycles. The van der Waals surface area contributed by atoms with Crippen LogP contribution in [0.15, 0.2) is 18.3 Å². The molecule has 0 bridgehead atoms. The SMILES string of the molecule is Cc1cc(C(=O)Cn2nccc2C)c(C)s1. The lowest BCUT2D eigenvalue weighted by molar-refractivity contribution is 0.0966. The van der Waals surface area contributed by atoms with E-state index in [9.17, 15) is 4.79 Å². The Bertz CT molecular complexity index is 525. The first kappa shape index (κ1) is 11.1. The third-order valence-electron chi connectivity index (χ3n) is 2.56. The monoisotopic (exact) mass is 234 g/mol. The summed E-state index contributed by atoms with van der Waals surface area (Å²) < 4.78 is 1.73. The largest absolute Gasteiger partial charge is 0.292 e. The molecule has 0 atom stereocenters. The minimum absolute atomic E-state index is 0.133. The predicted octanol–water partition coefficient (Wildman–Crippen LogP) is 2.75. The van der Waals surface area contributed by atoms with Crippen molar-refractivity contribution in [3.8, 4) is 0 Å². The molecule has 0 aliphatic heterocycles. The maximum atomic E-state index is 12.0. The fourth-order valence-electron chi connectivity index (χ4n) is 1.69. The van der Waals surface area contributed by atoms with Crippen LogP contribution < -0.4 is 0 Å². The quantitative estimate of drug-likeness (QED) is 0.765. The Hall–Kier alpha value is -1.42. The van der Waals surface area contributed by atoms with Gasteiger partial charge in [-0.15, -0.1) is 11.3 Å². The summed E-state index contributed by atoms with van der Waals surface area (Å²) in [6.45, 7) is 6.29. The Kier molecular flexibility index (Phi) is 2.92. The zero-order valence-electron chi connectivity index (χ0n) is 9.65. The van der Waals surface area contributed by atoms with Gasteiger partial charge in [0.05, 0.1) is 0 Å². The zero-order valence-corrected chi connectivity index (χ0v) is 10.5. The first-order valence-corrected chi connectivity index (χ1v) is 5.98. The number of aromatic nitrogens is 2. The van der Waals surface area contributed by atoms with Gasteiger partial charge in [0, 0.05) is 27.2 Å². The van der Waals surface area contributed by atoms with Crippen LogP contribution >= 0.6 is 11.3 Å². The Balaban J connectivity index is 2.21. The summed E-state index contributed by atoms with van der Waals surface area (Å²) in [6, 6.07) is 3.86. The number of carbonyl (C=O) groups is 1. The smallest absolute Gasteiger partial charge is 0.185 e. The van der Waals surface area contributed by atoms with Crippen LogP contribution in [0.2, 0.25) is 0 Å². The second-order valence-electron chi connectivity index (χ2n) is 3.88. The highest BCUT2D eigenvalue weighted by Crippen LogP contribution is 2.21. The lowest BCUT2D eigenvalue weighted by Gasteiger charge is -2.03. The Morgan fingerprint density at radius 3 is 2.69 bits per heavy atom. The Labute approximate surface area is 98.7 Å². The lowest BCUT2D eigenvalue weighted by Crippen LogP contribution is -2.12. The summed E-state index contributed by atoms with van der Waals surface area (Å²) in [5, 5.41) is 4.12. The summed E-state index contributed by atoms with van der Waals surface area (Å²) in [5.74, 6) is 0.133. The van der Waals surface area contributed by atoms with Gasteiger partial charge >= 0.3 is 0 Å². The number of hydrogen-bond donors (Lipinski definition) is 0. The molecule has 2 rings (SSSR count). The van der Waals surface area contributed by atoms with E-state index in [2.05, 4.69) is 5.10 Å². The molecule has 0 spiro atoms. The number of nitrogens with zero attached hydrogens (tertiary/aromatic N) is 2. The van der Waals surface area contributed by atoms with Crippen molar-refractivity contribution in [2.75, 3.05) is 0 Å². The molecule has 0 aliphatic carbocycles. The molecule has 0 aliphatic rings. The van der Waals surface area contributed by atoms with Crippen LogP contribution in [0, 0.1) is 20.8 Å². The molecule has 0 saturated heterocycles. The highest BCUT2D eigenvalue weighted by molar-refractivity contribution is 7.12. The first-order valence-electron chi connectivity index (χ1n) is 5.16. The Morgan fingerprint density at radius 1 is 1.44 bits per heavy atom. The van der Waals surface area contributed by atoms with Crippen molar-refractivity contribution >= 4 is 17.1 Å². The van der Waals surface area contributed by atoms with E-state index in [0.29, 0.717) is 6.54 Å². The number of ketones is 1. The van der Waals surface area contributed by atoms with Crippen molar-refractivity contribution in [2.24, 2.45) is 0 Å². The average molecular weight is 234 g/mol. The van der Waals surface area contributed by atoms with Crippen LogP contribution in [-0.2, 0) is 6.54 Å². The van der Waals surface area contributed by atoms with Gasteiger partial charge in [0.2, 0.25) is 0 Å². The zero-order chi connectivity index (χ0) is 11.7. The average Bonchev–Trinajstić information content (AvgIpc) is 2.74. The molecule has 2 aromatic heterocycles. The van der Waals surface area contributed by atoms with Crippen LogP contribution in [-0.4, -0.2) is 15.6 Å². The maximum Gasteiger partial charge on any atom is 0.185 e. The van der Waals surface area contributed by atoms with E-state index in [1.165, 1.54) is 4.88 Å². The van der Waals surface area contributed by atoms with Crippen molar-refractivity contribution in [1.82, 2.24) is 9.78 Å². The molecular formula is C12H14N2OS. The standard InChI is InChI=1S/C12H14N2OS/c1-8-4-5-13-14(8)7-12(15)11-6-9(2)16-10(11)3/h4-6H,7H2,1-3H3. The molecule has 0 radical (unpaired) electrons. The summed E-state index contributed by atoms with van der Waals surface area (Å²) >= 11 is 1.66. The molecule has 0 amide bonds. The fourth-order valence-corrected chi connectivity index (χ4v) is 2.64. The van der Waals surface area contributed by atoms with Gasteiger partial charge in [-0.1, -0.05) is 0 Å². The molecule has 4 heteroatoms. The summed E-state index contributed by atoms with van der Waals surface area (Å²) in [6.07, 6.45) is 1.72. The van der Waals surface area contributed by atoms with Gasteiger partial charge in [0.1, 0.15) is 6.54 Å². The topological polar surface area (TPSA) is 34.9 Å². The van der Waals surface area contributed by atoms with Gasteiger partial charge in [-0.05, 0) is 32.9 Å². The summed E-state index contributed by atoms with van der Waals surface area (Å²) in [5.41, 5.74) is 1.84. The van der Waals surface area contributed by atoms with Crippen molar-refractivity contribution in [3.63, 3.8) is 0 Å². The van der Waals surface area contributed by atoms with Gasteiger partial charge < -0.3 is 0 Å². The third-order valence-corrected chi connectivity index (χ3v) is 3.53. The van der Waals surface area contributed by atoms with E-state index in [0.717, 1.165) is 16.1 Å². The number of thiophene rings is 1. The van der Waals surface area contributed by atoms with Gasteiger partial charge in [-0.2, -0.15) is 5.10 Å². The third kappa shape index (κ3) is 2.07. The minimum Gasteiger partial charge on any atom is -0.292 e. The number of rotatable bonds is 3. The van der Waals surface area contributed by atoms with Gasteiger partial charge in [-0.25, -0.2) is 0 Å². The van der Waals surface area contributed by atoms with Crippen LogP contribution in [0.5, 0.6) is 0 Å². The Morgan fingerprint density at radius 2 is 2.19 bits per heavy atom. The molecule has 0 N–H and O–H groups in total. The molecule has 2 heterocycles. The fraction of sp³-hybridized carbons (Fsp3) is 0.333. The summed E-state index contributed by atoms with van der Waals surface area (Å²) in [4.78, 5) is 14.3. The highest BCUT2D eigenvalue weighted by Gasteiger charge is 2.13. The van der Waals surface area contributed by atoms with E-state index < -0.39 is 0 Å². The normalized spacial score (nSPS) is 10.7. The van der Waals surface area contributed by atoms with Crippen molar-refractivity contribution in [3.05, 3.63) is 39.3 Å². The van der Waals surface area contributed by atoms with Crippen LogP contribution in [0.3, 0.4) is 0 Å². The number of aryl methyl sites for hydroxylation is 3. The van der Waals surface area contributed by atoms with Crippen molar-refractivity contribution < 1.29 is 4.79 Å². The predicted molar refractivity (Wildman–Crippen MR) is 65.1 cm³/mol. The highest BCUT2D eigenvalue weighted by atomic mass is 32.1. The van der Waals surface area contributed by atoms with E-state index in [4.69, 9.17) is 0 Å². The lowest BCUT2D eigenvalue weighted by atomic mass is 10.1. The number of Topliss-reactive ketones (excluding diaryl/α,β-unsaturated/α-hetero) is 1. The number of hydrogen-bond acceptors (Lipinski definition) is 3. The van der Waals surface area contributed by atoms with Gasteiger partial charge in [-0.3, -0.25) is 9.48 Å². The molecule has 0 saturated carbocycles. The van der Waals surface area contributed by atoms with E-state index in [-0.39, 0.29) is 5.78 Å². The molecular weight excluding hydrogens is 220 g/mol. The molecule has 0 unspecified atom stereocenters. The van der Waals surface area contributed by atoms with E-state index in [1.54, 1.807) is 22.2 Å². The maximum absolute atomic E-state index is 12.0. The molecule has 3 nitrogen and oxygen atoms in total. The van der Waals surface area contributed by atoms with Gasteiger partial charge in [0.25, 0.3) is 0 Å². The minimum atomic E-state index is 0.133. The molecule has 84 valence electrons. The molecule has 16 heavy (non-hydrogen) atoms. The summed E-state index contributed by atoms with van der Waals surface area (Å²) in [7, 11) is 0.